The van der Waals surface area contributed by atoms with Gasteiger partial charge < -0.3 is 10.6 Å². The summed E-state index contributed by atoms with van der Waals surface area (Å²) in [6.07, 6.45) is 7.02. The van der Waals surface area contributed by atoms with E-state index in [-0.39, 0.29) is 35.8 Å². The van der Waals surface area contributed by atoms with E-state index >= 15 is 0 Å². The van der Waals surface area contributed by atoms with Gasteiger partial charge in [-0.25, -0.2) is 8.42 Å². The summed E-state index contributed by atoms with van der Waals surface area (Å²) < 4.78 is 23.1. The van der Waals surface area contributed by atoms with Crippen molar-refractivity contribution >= 4 is 39.8 Å². The van der Waals surface area contributed by atoms with Gasteiger partial charge >= 0.3 is 0 Å². The highest BCUT2D eigenvalue weighted by atomic mass is 127. The van der Waals surface area contributed by atoms with Crippen LogP contribution in [0.2, 0.25) is 0 Å². The maximum atomic E-state index is 11.5. The van der Waals surface area contributed by atoms with Gasteiger partial charge in [-0.1, -0.05) is 19.8 Å². The molecule has 7 heteroatoms. The van der Waals surface area contributed by atoms with Gasteiger partial charge in [-0.15, -0.1) is 24.0 Å². The summed E-state index contributed by atoms with van der Waals surface area (Å²) in [5.74, 6) is 1.30. The van der Waals surface area contributed by atoms with Gasteiger partial charge in [0.1, 0.15) is 0 Å². The third-order valence-corrected chi connectivity index (χ3v) is 6.67. The van der Waals surface area contributed by atoms with Gasteiger partial charge in [0.25, 0.3) is 0 Å². The summed E-state index contributed by atoms with van der Waals surface area (Å²) in [7, 11) is -2.85. The fraction of sp³-hybridized carbons (Fsp3) is 0.933. The standard InChI is InChI=1S/C15H29N3O2S.HI/c1-3-15(8-5-6-9-15)12-17-14(16-4-2)18-13-7-10-21(19,20)11-13;/h13H,3-12H2,1-2H3,(H2,16,17,18);1H. The molecule has 1 saturated heterocycles. The molecule has 2 rings (SSSR count). The second-order valence-electron chi connectivity index (χ2n) is 6.50. The molecule has 0 bridgehead atoms. The van der Waals surface area contributed by atoms with Gasteiger partial charge in [-0.3, -0.25) is 4.99 Å². The topological polar surface area (TPSA) is 70.6 Å². The molecule has 130 valence electrons. The zero-order valence-corrected chi connectivity index (χ0v) is 16.9. The highest BCUT2D eigenvalue weighted by Gasteiger charge is 2.32. The van der Waals surface area contributed by atoms with Crippen LogP contribution in [0.15, 0.2) is 4.99 Å². The predicted molar refractivity (Wildman–Crippen MR) is 103 cm³/mol. The van der Waals surface area contributed by atoms with Gasteiger partial charge in [0.15, 0.2) is 15.8 Å². The van der Waals surface area contributed by atoms with Crippen LogP contribution in [0.25, 0.3) is 0 Å². The number of hydrogen-bond donors (Lipinski definition) is 2. The fourth-order valence-electron chi connectivity index (χ4n) is 3.42. The SMILES string of the molecule is CCNC(=NCC1(CC)CCCC1)NC1CCS(=O)(=O)C1.I. The molecule has 0 aromatic heterocycles. The number of aliphatic imine (C=N–C) groups is 1. The summed E-state index contributed by atoms with van der Waals surface area (Å²) in [5, 5.41) is 6.54. The molecular weight excluding hydrogens is 413 g/mol. The molecule has 0 aromatic carbocycles. The van der Waals surface area contributed by atoms with E-state index in [9.17, 15) is 8.42 Å². The molecule has 22 heavy (non-hydrogen) atoms. The lowest BCUT2D eigenvalue weighted by atomic mass is 9.84. The van der Waals surface area contributed by atoms with Gasteiger partial charge in [0, 0.05) is 19.1 Å². The van der Waals surface area contributed by atoms with Crippen LogP contribution >= 0.6 is 24.0 Å². The van der Waals surface area contributed by atoms with Crippen molar-refractivity contribution in [2.24, 2.45) is 10.4 Å². The molecular formula is C15H30IN3O2S. The second kappa shape index (κ2) is 8.70. The van der Waals surface area contributed by atoms with Gasteiger partial charge in [0.2, 0.25) is 0 Å². The van der Waals surface area contributed by atoms with E-state index in [1.54, 1.807) is 0 Å². The van der Waals surface area contributed by atoms with Gasteiger partial charge in [-0.2, -0.15) is 0 Å². The Morgan fingerprint density at radius 2 is 1.95 bits per heavy atom. The molecule has 1 saturated carbocycles. The number of nitrogens with one attached hydrogen (secondary N) is 2. The van der Waals surface area contributed by atoms with Crippen LogP contribution in [0.5, 0.6) is 0 Å². The summed E-state index contributed by atoms with van der Waals surface area (Å²) >= 11 is 0. The van der Waals surface area contributed by atoms with Crippen molar-refractivity contribution in [2.75, 3.05) is 24.6 Å². The number of hydrogen-bond acceptors (Lipinski definition) is 3. The fourth-order valence-corrected chi connectivity index (χ4v) is 5.09. The van der Waals surface area contributed by atoms with Crippen LogP contribution in [-0.2, 0) is 9.84 Å². The quantitative estimate of drug-likeness (QED) is 0.389. The Kier molecular flexibility index (Phi) is 7.91. The van der Waals surface area contributed by atoms with E-state index in [0.717, 1.165) is 19.0 Å². The summed E-state index contributed by atoms with van der Waals surface area (Å²) in [6, 6.07) is 0.00829. The Labute approximate surface area is 152 Å². The van der Waals surface area contributed by atoms with E-state index in [2.05, 4.69) is 17.6 Å². The number of halogens is 1. The average Bonchev–Trinajstić information content (AvgIpc) is 3.04. The molecule has 1 heterocycles. The Balaban J connectivity index is 0.00000242. The molecule has 2 fully saturated rings. The van der Waals surface area contributed by atoms with Crippen LogP contribution in [0.3, 0.4) is 0 Å². The Morgan fingerprint density at radius 1 is 1.27 bits per heavy atom. The average molecular weight is 443 g/mol. The molecule has 0 spiro atoms. The summed E-state index contributed by atoms with van der Waals surface area (Å²) in [6.45, 7) is 5.93. The summed E-state index contributed by atoms with van der Waals surface area (Å²) in [5.41, 5.74) is 0.365. The minimum absolute atomic E-state index is 0. The van der Waals surface area contributed by atoms with Crippen LogP contribution < -0.4 is 10.6 Å². The van der Waals surface area contributed by atoms with E-state index in [4.69, 9.17) is 4.99 Å². The van der Waals surface area contributed by atoms with Crippen LogP contribution in [0, 0.1) is 5.41 Å². The van der Waals surface area contributed by atoms with E-state index in [1.807, 2.05) is 6.92 Å². The highest BCUT2D eigenvalue weighted by Crippen LogP contribution is 2.41. The zero-order chi connectivity index (χ0) is 15.3. The molecule has 1 aliphatic heterocycles. The van der Waals surface area contributed by atoms with Crippen molar-refractivity contribution in [3.05, 3.63) is 0 Å². The number of sulfone groups is 1. The largest absolute Gasteiger partial charge is 0.357 e. The lowest BCUT2D eigenvalue weighted by Crippen LogP contribution is -2.44. The van der Waals surface area contributed by atoms with Crippen LogP contribution in [0.4, 0.5) is 0 Å². The summed E-state index contributed by atoms with van der Waals surface area (Å²) in [4.78, 5) is 4.75. The van der Waals surface area contributed by atoms with Crippen molar-refractivity contribution in [3.8, 4) is 0 Å². The molecule has 1 aliphatic carbocycles. The molecule has 2 aliphatic rings. The predicted octanol–water partition coefficient (Wildman–Crippen LogP) is 2.32. The van der Waals surface area contributed by atoms with E-state index < -0.39 is 9.84 Å². The normalized spacial score (nSPS) is 26.5. The molecule has 1 atom stereocenters. The monoisotopic (exact) mass is 443 g/mol. The minimum Gasteiger partial charge on any atom is -0.357 e. The molecule has 1 unspecified atom stereocenters. The van der Waals surface area contributed by atoms with Crippen LogP contribution in [-0.4, -0.2) is 45.0 Å². The maximum absolute atomic E-state index is 11.5. The van der Waals surface area contributed by atoms with Crippen molar-refractivity contribution in [1.29, 1.82) is 0 Å². The third-order valence-electron chi connectivity index (χ3n) is 4.90. The Bertz CT molecular complexity index is 473. The maximum Gasteiger partial charge on any atom is 0.191 e. The third kappa shape index (κ3) is 5.54. The van der Waals surface area contributed by atoms with E-state index in [0.29, 0.717) is 17.6 Å². The molecule has 2 N–H and O–H groups in total. The second-order valence-corrected chi connectivity index (χ2v) is 8.73. The van der Waals surface area contributed by atoms with Crippen molar-refractivity contribution in [1.82, 2.24) is 10.6 Å². The first-order valence-electron chi connectivity index (χ1n) is 8.24. The number of guanidine groups is 1. The highest BCUT2D eigenvalue weighted by molar-refractivity contribution is 14.0. The lowest BCUT2D eigenvalue weighted by molar-refractivity contribution is 0.297. The Morgan fingerprint density at radius 3 is 2.45 bits per heavy atom. The molecule has 5 nitrogen and oxygen atoms in total. The minimum atomic E-state index is -2.85. The molecule has 0 aromatic rings. The first-order valence-corrected chi connectivity index (χ1v) is 10.1. The first-order chi connectivity index (χ1) is 9.99. The number of nitrogens with zero attached hydrogens (tertiary/aromatic N) is 1. The first kappa shape index (κ1) is 20.0. The smallest absolute Gasteiger partial charge is 0.191 e. The molecule has 0 radical (unpaired) electrons. The van der Waals surface area contributed by atoms with E-state index in [1.165, 1.54) is 32.1 Å². The van der Waals surface area contributed by atoms with Crippen molar-refractivity contribution in [2.45, 2.75) is 58.4 Å². The Hall–Kier alpha value is -0.0500. The van der Waals surface area contributed by atoms with Crippen molar-refractivity contribution in [3.63, 3.8) is 0 Å². The zero-order valence-electron chi connectivity index (χ0n) is 13.7. The van der Waals surface area contributed by atoms with Crippen LogP contribution in [0.1, 0.15) is 52.4 Å². The van der Waals surface area contributed by atoms with Crippen molar-refractivity contribution < 1.29 is 8.42 Å². The molecule has 0 amide bonds. The van der Waals surface area contributed by atoms with Gasteiger partial charge in [-0.05, 0) is 38.0 Å². The lowest BCUT2D eigenvalue weighted by Gasteiger charge is -2.26. The van der Waals surface area contributed by atoms with Gasteiger partial charge in [0.05, 0.1) is 11.5 Å². The number of rotatable bonds is 5.